The Balaban J connectivity index is 2.28. The van der Waals surface area contributed by atoms with Gasteiger partial charge in [-0.25, -0.2) is 0 Å². The van der Waals surface area contributed by atoms with Crippen LogP contribution in [0.4, 0.5) is 5.69 Å². The van der Waals surface area contributed by atoms with Gasteiger partial charge >= 0.3 is 0 Å². The number of thiocarbonyl (C=S) groups is 1. The molecule has 2 rings (SSSR count). The summed E-state index contributed by atoms with van der Waals surface area (Å²) in [5, 5.41) is 22.8. The van der Waals surface area contributed by atoms with E-state index in [-0.39, 0.29) is 16.5 Å². The monoisotopic (exact) mass is 313 g/mol. The van der Waals surface area contributed by atoms with Crippen LogP contribution in [-0.2, 0) is 0 Å². The summed E-state index contributed by atoms with van der Waals surface area (Å²) in [6, 6.07) is 9.10. The van der Waals surface area contributed by atoms with Crippen molar-refractivity contribution in [2.45, 2.75) is 0 Å². The highest BCUT2D eigenvalue weighted by Gasteiger charge is 2.10. The fourth-order valence-electron chi connectivity index (χ4n) is 1.49. The molecule has 0 fully saturated rings. The molecule has 0 amide bonds. The summed E-state index contributed by atoms with van der Waals surface area (Å²) in [5.41, 5.74) is 0.940. The summed E-state index contributed by atoms with van der Waals surface area (Å²) in [4.78, 5) is 0.279. The second-order valence-corrected chi connectivity index (χ2v) is 5.03. The number of phenolic OH excluding ortho intramolecular Hbond substituents is 2. The molecule has 0 saturated heterocycles. The molecule has 0 aliphatic heterocycles. The van der Waals surface area contributed by atoms with Crippen LogP contribution in [0.25, 0.3) is 0 Å². The number of rotatable bonds is 2. The zero-order chi connectivity index (χ0) is 14.0. The van der Waals surface area contributed by atoms with Gasteiger partial charge in [-0.2, -0.15) is 0 Å². The molecule has 0 bridgehead atoms. The van der Waals surface area contributed by atoms with Gasteiger partial charge in [-0.15, -0.1) is 0 Å². The van der Waals surface area contributed by atoms with Crippen LogP contribution in [0, 0.1) is 0 Å². The number of nitrogens with one attached hydrogen (secondary N) is 1. The van der Waals surface area contributed by atoms with Crippen LogP contribution in [0.15, 0.2) is 36.4 Å². The Labute approximate surface area is 125 Å². The second kappa shape index (κ2) is 5.65. The summed E-state index contributed by atoms with van der Waals surface area (Å²) in [6.07, 6.45) is 0. The molecule has 3 nitrogen and oxygen atoms in total. The summed E-state index contributed by atoms with van der Waals surface area (Å²) >= 11 is 17.1. The Bertz CT molecular complexity index is 647. The quantitative estimate of drug-likeness (QED) is 0.728. The molecular formula is C13H9Cl2NO2S. The SMILES string of the molecule is Oc1ccc(C(=S)Nc2cc(Cl)ccc2Cl)c(O)c1. The van der Waals surface area contributed by atoms with E-state index in [2.05, 4.69) is 5.32 Å². The van der Waals surface area contributed by atoms with E-state index in [4.69, 9.17) is 35.4 Å². The van der Waals surface area contributed by atoms with Gasteiger partial charge in [0.05, 0.1) is 16.3 Å². The van der Waals surface area contributed by atoms with E-state index in [0.29, 0.717) is 21.3 Å². The highest BCUT2D eigenvalue weighted by Crippen LogP contribution is 2.28. The molecule has 2 aromatic rings. The van der Waals surface area contributed by atoms with Crippen molar-refractivity contribution in [3.63, 3.8) is 0 Å². The van der Waals surface area contributed by atoms with Gasteiger partial charge in [0.15, 0.2) is 0 Å². The van der Waals surface area contributed by atoms with Crippen molar-refractivity contribution in [2.75, 3.05) is 5.32 Å². The largest absolute Gasteiger partial charge is 0.508 e. The lowest BCUT2D eigenvalue weighted by Gasteiger charge is -2.11. The molecule has 0 atom stereocenters. The zero-order valence-corrected chi connectivity index (χ0v) is 11.9. The van der Waals surface area contributed by atoms with Crippen LogP contribution >= 0.6 is 35.4 Å². The summed E-state index contributed by atoms with van der Waals surface area (Å²) in [5.74, 6) is -0.152. The van der Waals surface area contributed by atoms with Crippen LogP contribution in [0.5, 0.6) is 11.5 Å². The van der Waals surface area contributed by atoms with Crippen molar-refractivity contribution in [1.29, 1.82) is 0 Å². The number of phenols is 2. The Morgan fingerprint density at radius 3 is 2.47 bits per heavy atom. The van der Waals surface area contributed by atoms with E-state index in [9.17, 15) is 10.2 Å². The maximum absolute atomic E-state index is 9.72. The normalized spacial score (nSPS) is 10.2. The Morgan fingerprint density at radius 1 is 1.05 bits per heavy atom. The van der Waals surface area contributed by atoms with Gasteiger partial charge in [-0.1, -0.05) is 35.4 Å². The number of hydrogen-bond acceptors (Lipinski definition) is 3. The lowest BCUT2D eigenvalue weighted by Crippen LogP contribution is -2.11. The molecule has 0 spiro atoms. The molecule has 98 valence electrons. The lowest BCUT2D eigenvalue weighted by molar-refractivity contribution is 0.450. The fourth-order valence-corrected chi connectivity index (χ4v) is 2.11. The third-order valence-electron chi connectivity index (χ3n) is 2.40. The van der Waals surface area contributed by atoms with Crippen molar-refractivity contribution >= 4 is 46.1 Å². The molecule has 0 heterocycles. The number of benzene rings is 2. The Kier molecular flexibility index (Phi) is 4.14. The number of hydrogen-bond donors (Lipinski definition) is 3. The van der Waals surface area contributed by atoms with Gasteiger partial charge in [-0.3, -0.25) is 0 Å². The predicted octanol–water partition coefficient (Wildman–Crippen LogP) is 4.19. The van der Waals surface area contributed by atoms with E-state index >= 15 is 0 Å². The van der Waals surface area contributed by atoms with Gasteiger partial charge in [0, 0.05) is 11.1 Å². The molecule has 6 heteroatoms. The molecule has 0 unspecified atom stereocenters. The third kappa shape index (κ3) is 3.29. The first-order valence-electron chi connectivity index (χ1n) is 5.26. The van der Waals surface area contributed by atoms with E-state index in [0.717, 1.165) is 0 Å². The van der Waals surface area contributed by atoms with Gasteiger partial charge in [0.25, 0.3) is 0 Å². The highest BCUT2D eigenvalue weighted by molar-refractivity contribution is 7.81. The molecule has 0 aliphatic carbocycles. The summed E-state index contributed by atoms with van der Waals surface area (Å²) in [7, 11) is 0. The van der Waals surface area contributed by atoms with Gasteiger partial charge in [-0.05, 0) is 30.3 Å². The molecule has 0 radical (unpaired) electrons. The predicted molar refractivity (Wildman–Crippen MR) is 81.6 cm³/mol. The molecule has 19 heavy (non-hydrogen) atoms. The smallest absolute Gasteiger partial charge is 0.129 e. The maximum atomic E-state index is 9.72. The molecule has 0 aliphatic rings. The Hall–Kier alpha value is -1.49. The van der Waals surface area contributed by atoms with Crippen molar-refractivity contribution in [3.05, 3.63) is 52.0 Å². The summed E-state index contributed by atoms with van der Waals surface area (Å²) < 4.78 is 0. The first kappa shape index (κ1) is 13.9. The van der Waals surface area contributed by atoms with Crippen molar-refractivity contribution in [3.8, 4) is 11.5 Å². The van der Waals surface area contributed by atoms with Crippen LogP contribution in [-0.4, -0.2) is 15.2 Å². The molecular weight excluding hydrogens is 305 g/mol. The van der Waals surface area contributed by atoms with Crippen LogP contribution in [0.2, 0.25) is 10.0 Å². The van der Waals surface area contributed by atoms with Gasteiger partial charge < -0.3 is 15.5 Å². The third-order valence-corrected chi connectivity index (χ3v) is 3.29. The minimum atomic E-state index is -0.115. The van der Waals surface area contributed by atoms with E-state index in [1.807, 2.05) is 0 Å². The summed E-state index contributed by atoms with van der Waals surface area (Å²) in [6.45, 7) is 0. The number of aromatic hydroxyl groups is 2. The molecule has 0 saturated carbocycles. The second-order valence-electron chi connectivity index (χ2n) is 3.78. The molecule has 2 aromatic carbocycles. The van der Waals surface area contributed by atoms with Crippen LogP contribution < -0.4 is 5.32 Å². The minimum Gasteiger partial charge on any atom is -0.508 e. The fraction of sp³-hybridized carbons (Fsp3) is 0. The van der Waals surface area contributed by atoms with Crippen molar-refractivity contribution in [1.82, 2.24) is 0 Å². The van der Waals surface area contributed by atoms with Crippen LogP contribution in [0.1, 0.15) is 5.56 Å². The topological polar surface area (TPSA) is 52.5 Å². The number of anilines is 1. The zero-order valence-electron chi connectivity index (χ0n) is 9.52. The van der Waals surface area contributed by atoms with Gasteiger partial charge in [0.1, 0.15) is 16.5 Å². The molecule has 0 aromatic heterocycles. The first-order chi connectivity index (χ1) is 8.97. The Morgan fingerprint density at radius 2 is 1.79 bits per heavy atom. The van der Waals surface area contributed by atoms with E-state index in [1.54, 1.807) is 18.2 Å². The van der Waals surface area contributed by atoms with Crippen molar-refractivity contribution < 1.29 is 10.2 Å². The van der Waals surface area contributed by atoms with Gasteiger partial charge in [0.2, 0.25) is 0 Å². The highest BCUT2D eigenvalue weighted by atomic mass is 35.5. The standard InChI is InChI=1S/C13H9Cl2NO2S/c14-7-1-4-10(15)11(5-7)16-13(19)9-3-2-8(17)6-12(9)18/h1-6,17-18H,(H,16,19). The van der Waals surface area contributed by atoms with E-state index < -0.39 is 0 Å². The maximum Gasteiger partial charge on any atom is 0.129 e. The van der Waals surface area contributed by atoms with E-state index in [1.165, 1.54) is 18.2 Å². The minimum absolute atomic E-state index is 0.0372. The number of halogens is 2. The average molecular weight is 314 g/mol. The first-order valence-corrected chi connectivity index (χ1v) is 6.42. The van der Waals surface area contributed by atoms with Crippen LogP contribution in [0.3, 0.4) is 0 Å². The lowest BCUT2D eigenvalue weighted by atomic mass is 10.2. The van der Waals surface area contributed by atoms with Crippen molar-refractivity contribution in [2.24, 2.45) is 0 Å². The molecule has 3 N–H and O–H groups in total. The average Bonchev–Trinajstić information content (AvgIpc) is 2.33.